The van der Waals surface area contributed by atoms with Gasteiger partial charge in [0.2, 0.25) is 0 Å². The molecule has 188 valence electrons. The van der Waals surface area contributed by atoms with Crippen molar-refractivity contribution in [3.63, 3.8) is 0 Å². The Balaban J connectivity index is 1.22. The van der Waals surface area contributed by atoms with Crippen LogP contribution >= 0.6 is 45.3 Å². The summed E-state index contributed by atoms with van der Waals surface area (Å²) in [7, 11) is 0. The van der Waals surface area contributed by atoms with Crippen LogP contribution in [0.2, 0.25) is 0 Å². The third-order valence-corrected chi connectivity index (χ3v) is 11.4. The lowest BCUT2D eigenvalue weighted by Crippen LogP contribution is -1.77. The first-order chi connectivity index (χ1) is 19.1. The fourth-order valence-electron chi connectivity index (χ4n) is 4.56. The van der Waals surface area contributed by atoms with Crippen molar-refractivity contribution in [2.24, 2.45) is 9.98 Å². The molecule has 7 rings (SSSR count). The molecule has 0 unspecified atom stereocenters. The summed E-state index contributed by atoms with van der Waals surface area (Å²) < 4.78 is 2.62. The van der Waals surface area contributed by atoms with Gasteiger partial charge in [0.1, 0.15) is 12.7 Å². The van der Waals surface area contributed by atoms with Crippen molar-refractivity contribution in [3.05, 3.63) is 90.5 Å². The van der Waals surface area contributed by atoms with E-state index in [0.29, 0.717) is 0 Å². The summed E-state index contributed by atoms with van der Waals surface area (Å²) in [4.78, 5) is 23.7. The van der Waals surface area contributed by atoms with Crippen LogP contribution in [0.4, 0.5) is 0 Å². The Morgan fingerprint density at radius 1 is 0.692 bits per heavy atom. The number of thiophene rings is 4. The van der Waals surface area contributed by atoms with E-state index in [-0.39, 0.29) is 0 Å². The number of benzene rings is 2. The van der Waals surface area contributed by atoms with Gasteiger partial charge in [0, 0.05) is 62.8 Å². The second-order valence-electron chi connectivity index (χ2n) is 9.06. The molecule has 0 bridgehead atoms. The first kappa shape index (κ1) is 24.2. The summed E-state index contributed by atoms with van der Waals surface area (Å²) >= 11 is 7.28. The van der Waals surface area contributed by atoms with Crippen LogP contribution in [0.3, 0.4) is 0 Å². The number of hydrogen-bond donors (Lipinski definition) is 0. The summed E-state index contributed by atoms with van der Waals surface area (Å²) in [5, 5.41) is 5.13. The highest BCUT2D eigenvalue weighted by atomic mass is 32.1. The third kappa shape index (κ3) is 4.66. The molecular formula is C31H20N4S4. The Morgan fingerprint density at radius 3 is 1.97 bits per heavy atom. The monoisotopic (exact) mass is 576 g/mol. The molecule has 0 radical (unpaired) electrons. The number of rotatable bonds is 6. The van der Waals surface area contributed by atoms with Gasteiger partial charge in [-0.3, -0.25) is 4.99 Å². The van der Waals surface area contributed by atoms with Crippen LogP contribution in [0.1, 0.15) is 11.8 Å². The highest BCUT2D eigenvalue weighted by Gasteiger charge is 2.12. The SMILES string of the molecule is C=NC=N/C=C(\C)c1ccc(-c2cc3cc4cc5sc(-c6ccc(-c7cncnc7)s6)cc5cc4cc3s2)s1. The summed E-state index contributed by atoms with van der Waals surface area (Å²) in [6.45, 7) is 5.50. The van der Waals surface area contributed by atoms with Crippen LogP contribution < -0.4 is 0 Å². The number of hydrogen-bond acceptors (Lipinski definition) is 7. The van der Waals surface area contributed by atoms with E-state index in [2.05, 4.69) is 94.3 Å². The second kappa shape index (κ2) is 10.1. The number of fused-ring (bicyclic) bond motifs is 3. The number of allylic oxidation sites excluding steroid dienone is 1. The van der Waals surface area contributed by atoms with E-state index in [4.69, 9.17) is 0 Å². The highest BCUT2D eigenvalue weighted by Crippen LogP contribution is 2.43. The third-order valence-electron chi connectivity index (χ3n) is 6.46. The molecule has 2 aromatic carbocycles. The molecule has 0 saturated carbocycles. The van der Waals surface area contributed by atoms with Gasteiger partial charge in [-0.2, -0.15) is 0 Å². The van der Waals surface area contributed by atoms with Crippen LogP contribution in [0.5, 0.6) is 0 Å². The molecule has 0 spiro atoms. The Morgan fingerprint density at radius 2 is 1.31 bits per heavy atom. The van der Waals surface area contributed by atoms with Gasteiger partial charge in [0.05, 0.1) is 0 Å². The lowest BCUT2D eigenvalue weighted by atomic mass is 10.1. The molecule has 0 atom stereocenters. The van der Waals surface area contributed by atoms with E-state index in [1.165, 1.54) is 66.5 Å². The van der Waals surface area contributed by atoms with Crippen LogP contribution in [0.25, 0.3) is 66.5 Å². The maximum absolute atomic E-state index is 4.16. The van der Waals surface area contributed by atoms with Crippen molar-refractivity contribution in [1.29, 1.82) is 0 Å². The van der Waals surface area contributed by atoms with Gasteiger partial charge in [0.25, 0.3) is 0 Å². The van der Waals surface area contributed by atoms with Gasteiger partial charge in [-0.05, 0) is 101 Å². The first-order valence-electron chi connectivity index (χ1n) is 12.2. The molecule has 8 heteroatoms. The zero-order valence-corrected chi connectivity index (χ0v) is 24.1. The molecule has 5 heterocycles. The maximum Gasteiger partial charge on any atom is 0.115 e. The minimum atomic E-state index is 1.06. The van der Waals surface area contributed by atoms with Crippen molar-refractivity contribution >= 4 is 94.9 Å². The standard InChI is InChI=1S/C31H20N4S4/c1-18(13-33-16-32-2)24-3-5-26(36-24)30-11-21-7-19-10-29-22(8-20(19)9-28(21)38-30)12-31(39-29)27-6-4-25(37-27)23-14-34-17-35-15-23/h3-17H,2H2,1H3/b18-13+,33-16?. The molecule has 7 aromatic rings. The lowest BCUT2D eigenvalue weighted by Gasteiger charge is -1.99. The van der Waals surface area contributed by atoms with E-state index >= 15 is 0 Å². The van der Waals surface area contributed by atoms with Gasteiger partial charge in [-0.1, -0.05) is 0 Å². The Labute approximate surface area is 241 Å². The smallest absolute Gasteiger partial charge is 0.115 e. The van der Waals surface area contributed by atoms with Crippen LogP contribution in [-0.2, 0) is 0 Å². The zero-order valence-electron chi connectivity index (χ0n) is 20.8. The van der Waals surface area contributed by atoms with Gasteiger partial charge in [-0.25, -0.2) is 15.0 Å². The second-order valence-corrected chi connectivity index (χ2v) is 13.4. The molecule has 0 amide bonds. The maximum atomic E-state index is 4.16. The fourth-order valence-corrected chi connectivity index (χ4v) is 8.86. The highest BCUT2D eigenvalue weighted by molar-refractivity contribution is 7.27. The van der Waals surface area contributed by atoms with Gasteiger partial charge in [-0.15, -0.1) is 45.3 Å². The molecule has 0 N–H and O–H groups in total. The Bertz CT molecular complexity index is 1980. The van der Waals surface area contributed by atoms with Crippen molar-refractivity contribution in [2.45, 2.75) is 6.92 Å². The summed E-state index contributed by atoms with van der Waals surface area (Å²) in [5.74, 6) is 0. The van der Waals surface area contributed by atoms with E-state index in [0.717, 1.165) is 11.1 Å². The van der Waals surface area contributed by atoms with Crippen molar-refractivity contribution < 1.29 is 0 Å². The summed E-state index contributed by atoms with van der Waals surface area (Å²) in [5.41, 5.74) is 2.17. The van der Waals surface area contributed by atoms with Crippen LogP contribution in [0.15, 0.2) is 95.6 Å². The minimum absolute atomic E-state index is 1.06. The Hall–Kier alpha value is -3.82. The molecule has 4 nitrogen and oxygen atoms in total. The first-order valence-corrected chi connectivity index (χ1v) is 15.4. The quantitative estimate of drug-likeness (QED) is 0.146. The number of nitrogens with zero attached hydrogens (tertiary/aromatic N) is 4. The van der Waals surface area contributed by atoms with Crippen LogP contribution in [-0.4, -0.2) is 23.0 Å². The van der Waals surface area contributed by atoms with E-state index in [9.17, 15) is 0 Å². The predicted octanol–water partition coefficient (Wildman–Crippen LogP) is 10.3. The summed E-state index contributed by atoms with van der Waals surface area (Å²) in [6, 6.07) is 22.7. The lowest BCUT2D eigenvalue weighted by molar-refractivity contribution is 1.17. The topological polar surface area (TPSA) is 50.5 Å². The van der Waals surface area contributed by atoms with E-state index in [1.54, 1.807) is 29.0 Å². The molecular weight excluding hydrogens is 557 g/mol. The minimum Gasteiger partial charge on any atom is -0.253 e. The van der Waals surface area contributed by atoms with Gasteiger partial charge >= 0.3 is 0 Å². The fraction of sp³-hybridized carbons (Fsp3) is 0.0323. The van der Waals surface area contributed by atoms with Gasteiger partial charge in [0.15, 0.2) is 0 Å². The molecule has 0 aliphatic carbocycles. The molecule has 0 aliphatic rings. The predicted molar refractivity (Wildman–Crippen MR) is 174 cm³/mol. The molecule has 0 saturated heterocycles. The normalized spacial score (nSPS) is 12.4. The van der Waals surface area contributed by atoms with Gasteiger partial charge < -0.3 is 0 Å². The largest absolute Gasteiger partial charge is 0.253 e. The van der Waals surface area contributed by atoms with Crippen molar-refractivity contribution in [2.75, 3.05) is 0 Å². The van der Waals surface area contributed by atoms with Crippen molar-refractivity contribution in [1.82, 2.24) is 9.97 Å². The van der Waals surface area contributed by atoms with E-state index in [1.807, 2.05) is 41.3 Å². The zero-order chi connectivity index (χ0) is 26.3. The summed E-state index contributed by atoms with van der Waals surface area (Å²) in [6.07, 6.45) is 8.59. The molecule has 0 fully saturated rings. The number of aromatic nitrogens is 2. The molecule has 39 heavy (non-hydrogen) atoms. The molecule has 5 aromatic heterocycles. The average molecular weight is 577 g/mol. The van der Waals surface area contributed by atoms with Crippen molar-refractivity contribution in [3.8, 4) is 29.9 Å². The molecule has 0 aliphatic heterocycles. The van der Waals surface area contributed by atoms with E-state index < -0.39 is 0 Å². The Kier molecular flexibility index (Phi) is 6.25. The number of aliphatic imine (C=N–C) groups is 2. The van der Waals surface area contributed by atoms with Crippen LogP contribution in [0, 0.1) is 0 Å². The average Bonchev–Trinajstić information content (AvgIpc) is 3.76.